The van der Waals surface area contributed by atoms with E-state index < -0.39 is 0 Å². The van der Waals surface area contributed by atoms with Crippen LogP contribution in [0.4, 0.5) is 0 Å². The zero-order chi connectivity index (χ0) is 15.9. The Labute approximate surface area is 142 Å². The second kappa shape index (κ2) is 8.88. The molecular formula is C15H27N5S2. The highest BCUT2D eigenvalue weighted by Gasteiger charge is 2.21. The van der Waals surface area contributed by atoms with Gasteiger partial charge in [-0.3, -0.25) is 10.3 Å². The third-order valence-electron chi connectivity index (χ3n) is 3.43. The van der Waals surface area contributed by atoms with Crippen LogP contribution in [0.1, 0.15) is 16.7 Å². The van der Waals surface area contributed by atoms with Gasteiger partial charge in [0, 0.05) is 47.9 Å². The average molecular weight is 342 g/mol. The molecule has 1 atom stereocenters. The summed E-state index contributed by atoms with van der Waals surface area (Å²) in [5, 5.41) is 7.73. The molecule has 1 aliphatic rings. The predicted octanol–water partition coefficient (Wildman–Crippen LogP) is 2.13. The van der Waals surface area contributed by atoms with Crippen molar-refractivity contribution in [3.63, 3.8) is 0 Å². The molecule has 1 N–H and O–H groups in total. The molecular weight excluding hydrogens is 314 g/mol. The molecule has 1 aromatic rings. The maximum atomic E-state index is 4.46. The van der Waals surface area contributed by atoms with Crippen molar-refractivity contribution >= 4 is 29.4 Å². The smallest absolute Gasteiger partial charge is 0.174 e. The fourth-order valence-corrected chi connectivity index (χ4v) is 4.40. The summed E-state index contributed by atoms with van der Waals surface area (Å²) >= 11 is 3.91. The highest BCUT2D eigenvalue weighted by molar-refractivity contribution is 7.98. The molecule has 2 heterocycles. The van der Waals surface area contributed by atoms with Crippen LogP contribution >= 0.6 is 23.1 Å². The Hall–Kier alpha value is -0.600. The topological polar surface area (TPSA) is 34.1 Å². The SMILES string of the molecule is CCN1C=NC(NCCSCc2ccc(CN(C)C)s2)N1C. The fourth-order valence-electron chi connectivity index (χ4n) is 2.28. The lowest BCUT2D eigenvalue weighted by molar-refractivity contribution is 0.0516. The van der Waals surface area contributed by atoms with E-state index in [9.17, 15) is 0 Å². The van der Waals surface area contributed by atoms with Crippen molar-refractivity contribution in [2.45, 2.75) is 25.5 Å². The molecule has 5 nitrogen and oxygen atoms in total. The molecule has 0 bridgehead atoms. The monoisotopic (exact) mass is 341 g/mol. The van der Waals surface area contributed by atoms with E-state index in [4.69, 9.17) is 0 Å². The predicted molar refractivity (Wildman–Crippen MR) is 98.3 cm³/mol. The Bertz CT molecular complexity index is 474. The van der Waals surface area contributed by atoms with Gasteiger partial charge in [-0.25, -0.2) is 4.99 Å². The number of nitrogens with zero attached hydrogens (tertiary/aromatic N) is 4. The first kappa shape index (κ1) is 17.7. The molecule has 0 fully saturated rings. The number of nitrogens with one attached hydrogen (secondary N) is 1. The lowest BCUT2D eigenvalue weighted by Gasteiger charge is -2.27. The third-order valence-corrected chi connectivity index (χ3v) is 5.69. The summed E-state index contributed by atoms with van der Waals surface area (Å²) in [6, 6.07) is 4.51. The summed E-state index contributed by atoms with van der Waals surface area (Å²) in [5.41, 5.74) is 0. The van der Waals surface area contributed by atoms with Crippen LogP contribution in [0.2, 0.25) is 0 Å². The first-order chi connectivity index (χ1) is 10.6. The van der Waals surface area contributed by atoms with Gasteiger partial charge in [0.1, 0.15) is 6.34 Å². The summed E-state index contributed by atoms with van der Waals surface area (Å²) in [6.07, 6.45) is 2.00. The van der Waals surface area contributed by atoms with Crippen molar-refractivity contribution in [1.29, 1.82) is 0 Å². The molecule has 0 aliphatic carbocycles. The van der Waals surface area contributed by atoms with Gasteiger partial charge in [0.15, 0.2) is 6.29 Å². The van der Waals surface area contributed by atoms with E-state index in [1.54, 1.807) is 0 Å². The summed E-state index contributed by atoms with van der Waals surface area (Å²) in [6.45, 7) is 5.11. The Kier molecular flexibility index (Phi) is 7.17. The highest BCUT2D eigenvalue weighted by atomic mass is 32.2. The zero-order valence-corrected chi connectivity index (χ0v) is 15.6. The van der Waals surface area contributed by atoms with Gasteiger partial charge < -0.3 is 4.90 Å². The van der Waals surface area contributed by atoms with E-state index in [0.717, 1.165) is 31.1 Å². The first-order valence-corrected chi connectivity index (χ1v) is 9.63. The van der Waals surface area contributed by atoms with Crippen LogP contribution in [0.3, 0.4) is 0 Å². The summed E-state index contributed by atoms with van der Waals surface area (Å²) in [7, 11) is 6.29. The number of aliphatic imine (C=N–C) groups is 1. The normalized spacial score (nSPS) is 18.8. The standard InChI is InChI=1S/C15H27N5S2/c1-5-20-12-17-15(19(20)4)16-8-9-21-11-14-7-6-13(22-14)10-18(2)3/h6-7,12,15-16H,5,8-11H2,1-4H3. The molecule has 1 unspecified atom stereocenters. The van der Waals surface area contributed by atoms with E-state index >= 15 is 0 Å². The summed E-state index contributed by atoms with van der Waals surface area (Å²) in [5.74, 6) is 2.21. The molecule has 0 amide bonds. The maximum Gasteiger partial charge on any atom is 0.174 e. The number of hydrazine groups is 1. The van der Waals surface area contributed by atoms with E-state index in [1.165, 1.54) is 9.75 Å². The van der Waals surface area contributed by atoms with Crippen molar-refractivity contribution in [3.8, 4) is 0 Å². The number of hydrogen-bond donors (Lipinski definition) is 1. The van der Waals surface area contributed by atoms with Gasteiger partial charge in [0.2, 0.25) is 0 Å². The highest BCUT2D eigenvalue weighted by Crippen LogP contribution is 2.22. The molecule has 1 aliphatic heterocycles. The third kappa shape index (κ3) is 5.24. The van der Waals surface area contributed by atoms with Gasteiger partial charge in [-0.1, -0.05) is 0 Å². The zero-order valence-electron chi connectivity index (χ0n) is 14.0. The van der Waals surface area contributed by atoms with Gasteiger partial charge in [-0.2, -0.15) is 16.8 Å². The van der Waals surface area contributed by atoms with Crippen molar-refractivity contribution in [3.05, 3.63) is 21.9 Å². The number of hydrogen-bond acceptors (Lipinski definition) is 7. The van der Waals surface area contributed by atoms with Gasteiger partial charge in [-0.05, 0) is 33.2 Å². The maximum absolute atomic E-state index is 4.46. The van der Waals surface area contributed by atoms with Crippen LogP contribution in [0.15, 0.2) is 17.1 Å². The van der Waals surface area contributed by atoms with E-state index in [0.29, 0.717) is 0 Å². The van der Waals surface area contributed by atoms with Gasteiger partial charge in [-0.15, -0.1) is 11.3 Å². The Morgan fingerprint density at radius 3 is 2.82 bits per heavy atom. The summed E-state index contributed by atoms with van der Waals surface area (Å²) < 4.78 is 0. The van der Waals surface area contributed by atoms with Crippen LogP contribution < -0.4 is 5.32 Å². The molecule has 0 saturated heterocycles. The minimum absolute atomic E-state index is 0.0916. The number of thioether (sulfide) groups is 1. The average Bonchev–Trinajstić information content (AvgIpc) is 3.05. The molecule has 2 rings (SSSR count). The van der Waals surface area contributed by atoms with Gasteiger partial charge >= 0.3 is 0 Å². The van der Waals surface area contributed by atoms with Crippen LogP contribution in [0.25, 0.3) is 0 Å². The Morgan fingerprint density at radius 2 is 2.14 bits per heavy atom. The van der Waals surface area contributed by atoms with E-state index in [-0.39, 0.29) is 6.29 Å². The first-order valence-electron chi connectivity index (χ1n) is 7.66. The molecule has 1 aromatic heterocycles. The van der Waals surface area contributed by atoms with Crippen LogP contribution in [0.5, 0.6) is 0 Å². The fraction of sp³-hybridized carbons (Fsp3) is 0.667. The van der Waals surface area contributed by atoms with Crippen molar-refractivity contribution in [2.75, 3.05) is 40.0 Å². The lowest BCUT2D eigenvalue weighted by Crippen LogP contribution is -2.46. The molecule has 0 radical (unpaired) electrons. The lowest BCUT2D eigenvalue weighted by atomic mass is 10.4. The van der Waals surface area contributed by atoms with Crippen molar-refractivity contribution in [1.82, 2.24) is 20.2 Å². The molecule has 0 spiro atoms. The largest absolute Gasteiger partial charge is 0.304 e. The van der Waals surface area contributed by atoms with Crippen molar-refractivity contribution < 1.29 is 0 Å². The Balaban J connectivity index is 1.60. The number of thiophene rings is 1. The molecule has 0 saturated carbocycles. The van der Waals surface area contributed by atoms with Crippen LogP contribution in [0, 0.1) is 0 Å². The Morgan fingerprint density at radius 1 is 1.36 bits per heavy atom. The van der Waals surface area contributed by atoms with Crippen molar-refractivity contribution in [2.24, 2.45) is 4.99 Å². The second-order valence-electron chi connectivity index (χ2n) is 5.58. The van der Waals surface area contributed by atoms with Crippen LogP contribution in [-0.2, 0) is 12.3 Å². The van der Waals surface area contributed by atoms with Gasteiger partial charge in [0.05, 0.1) is 0 Å². The number of rotatable bonds is 9. The van der Waals surface area contributed by atoms with E-state index in [1.807, 2.05) is 29.4 Å². The second-order valence-corrected chi connectivity index (χ2v) is 7.94. The van der Waals surface area contributed by atoms with Crippen LogP contribution in [-0.4, -0.2) is 67.5 Å². The molecule has 124 valence electrons. The molecule has 22 heavy (non-hydrogen) atoms. The van der Waals surface area contributed by atoms with E-state index in [2.05, 4.69) is 65.4 Å². The molecule has 0 aromatic carbocycles. The minimum Gasteiger partial charge on any atom is -0.304 e. The summed E-state index contributed by atoms with van der Waals surface area (Å²) in [4.78, 5) is 9.59. The van der Waals surface area contributed by atoms with Gasteiger partial charge in [0.25, 0.3) is 0 Å². The molecule has 7 heteroatoms. The minimum atomic E-state index is 0.0916. The quantitative estimate of drug-likeness (QED) is 0.696.